The first-order valence-electron chi connectivity index (χ1n) is 8.79. The number of rotatable bonds is 8. The van der Waals surface area contributed by atoms with Crippen molar-refractivity contribution in [1.29, 1.82) is 0 Å². The average Bonchev–Trinajstić information content (AvgIpc) is 3.09. The molecule has 0 bridgehead atoms. The molecule has 0 saturated heterocycles. The van der Waals surface area contributed by atoms with Gasteiger partial charge in [-0.15, -0.1) is 10.2 Å². The molecule has 0 fully saturated rings. The predicted octanol–water partition coefficient (Wildman–Crippen LogP) is 3.39. The molecule has 1 aromatic carbocycles. The molecule has 0 aliphatic heterocycles. The summed E-state index contributed by atoms with van der Waals surface area (Å²) in [6, 6.07) is 11.5. The van der Waals surface area contributed by atoms with Crippen LogP contribution in [0, 0.1) is 0 Å². The zero-order valence-electron chi connectivity index (χ0n) is 15.9. The van der Waals surface area contributed by atoms with Crippen LogP contribution in [-0.2, 0) is 11.8 Å². The molecule has 2 N–H and O–H groups in total. The zero-order chi connectivity index (χ0) is 20.6. The molecule has 1 amide bonds. The van der Waals surface area contributed by atoms with Crippen molar-refractivity contribution in [2.45, 2.75) is 18.1 Å². The number of carbonyl (C=O) groups excluding carboxylic acids is 1. The first-order chi connectivity index (χ1) is 14.0. The van der Waals surface area contributed by atoms with Gasteiger partial charge in [0, 0.05) is 35.2 Å². The van der Waals surface area contributed by atoms with Crippen LogP contribution in [0.2, 0.25) is 0 Å². The van der Waals surface area contributed by atoms with Gasteiger partial charge in [-0.3, -0.25) is 9.78 Å². The Morgan fingerprint density at radius 2 is 2.10 bits per heavy atom. The van der Waals surface area contributed by atoms with E-state index in [9.17, 15) is 4.79 Å². The number of nitrogens with one attached hydrogen (secondary N) is 2. The number of benzene rings is 1. The topological polar surface area (TPSA) is 97.1 Å². The minimum atomic E-state index is -0.222. The molecule has 29 heavy (non-hydrogen) atoms. The first kappa shape index (κ1) is 21.0. The lowest BCUT2D eigenvalue weighted by Crippen LogP contribution is -2.20. The second kappa shape index (κ2) is 10.2. The van der Waals surface area contributed by atoms with Crippen molar-refractivity contribution in [2.24, 2.45) is 12.1 Å². The predicted molar refractivity (Wildman–Crippen MR) is 118 cm³/mol. The molecule has 0 aliphatic carbocycles. The van der Waals surface area contributed by atoms with E-state index in [0.717, 1.165) is 21.5 Å². The van der Waals surface area contributed by atoms with Gasteiger partial charge in [0.25, 0.3) is 5.91 Å². The van der Waals surface area contributed by atoms with E-state index in [4.69, 9.17) is 0 Å². The van der Waals surface area contributed by atoms with Gasteiger partial charge in [-0.1, -0.05) is 33.8 Å². The van der Waals surface area contributed by atoms with Gasteiger partial charge >= 0.3 is 0 Å². The van der Waals surface area contributed by atoms with Crippen LogP contribution in [0.25, 0.3) is 0 Å². The Bertz CT molecular complexity index is 976. The summed E-state index contributed by atoms with van der Waals surface area (Å²) in [7, 11) is 1.88. The fraction of sp³-hybridized carbons (Fsp3) is 0.211. The third-order valence-corrected chi connectivity index (χ3v) is 5.45. The van der Waals surface area contributed by atoms with E-state index in [1.54, 1.807) is 24.7 Å². The monoisotopic (exact) mass is 473 g/mol. The van der Waals surface area contributed by atoms with Crippen molar-refractivity contribution in [2.75, 3.05) is 11.1 Å². The number of thioether (sulfide) groups is 1. The molecular weight excluding hydrogens is 454 g/mol. The van der Waals surface area contributed by atoms with Crippen molar-refractivity contribution in [3.05, 3.63) is 64.7 Å². The Labute approximate surface area is 181 Å². The van der Waals surface area contributed by atoms with Gasteiger partial charge < -0.3 is 9.88 Å². The van der Waals surface area contributed by atoms with E-state index in [2.05, 4.69) is 47.0 Å². The zero-order valence-corrected chi connectivity index (χ0v) is 18.3. The first-order valence-corrected chi connectivity index (χ1v) is 10.6. The van der Waals surface area contributed by atoms with Crippen molar-refractivity contribution in [3.8, 4) is 0 Å². The van der Waals surface area contributed by atoms with Crippen LogP contribution in [0.5, 0.6) is 0 Å². The Balaban J connectivity index is 1.51. The highest BCUT2D eigenvalue weighted by molar-refractivity contribution is 9.10. The number of hydrogen-bond acceptors (Lipinski definition) is 7. The summed E-state index contributed by atoms with van der Waals surface area (Å²) in [5.41, 5.74) is 4.30. The molecule has 0 aliphatic rings. The fourth-order valence-corrected chi connectivity index (χ4v) is 3.46. The maximum absolute atomic E-state index is 12.0. The molecule has 2 aromatic heterocycles. The second-order valence-electron chi connectivity index (χ2n) is 6.14. The van der Waals surface area contributed by atoms with Crippen molar-refractivity contribution >= 4 is 45.5 Å². The molecule has 0 radical (unpaired) electrons. The van der Waals surface area contributed by atoms with E-state index in [0.29, 0.717) is 5.16 Å². The maximum Gasteiger partial charge on any atom is 0.250 e. The smallest absolute Gasteiger partial charge is 0.250 e. The van der Waals surface area contributed by atoms with Gasteiger partial charge in [0.2, 0.25) is 0 Å². The highest BCUT2D eigenvalue weighted by atomic mass is 79.9. The number of carbonyl (C=O) groups is 1. The van der Waals surface area contributed by atoms with Crippen molar-refractivity contribution < 1.29 is 4.79 Å². The number of halogens is 1. The van der Waals surface area contributed by atoms with Gasteiger partial charge in [-0.25, -0.2) is 5.43 Å². The number of hydrazone groups is 1. The molecule has 0 spiro atoms. The standard InChI is InChI=1S/C19H20BrN7OS/c1-13(23-16-7-5-15(20)6-8-16)18-25-26-19(27(18)2)29-12-17(28)24-22-11-14-4-3-9-21-10-14/h3-11,13,23H,12H2,1-2H3,(H,24,28)/t13-/m0/s1. The van der Waals surface area contributed by atoms with Crippen LogP contribution in [0.3, 0.4) is 0 Å². The number of amides is 1. The lowest BCUT2D eigenvalue weighted by Gasteiger charge is -2.14. The lowest BCUT2D eigenvalue weighted by molar-refractivity contribution is -0.118. The quantitative estimate of drug-likeness (QED) is 0.295. The molecule has 3 aromatic rings. The number of hydrogen-bond donors (Lipinski definition) is 2. The molecule has 8 nitrogen and oxygen atoms in total. The van der Waals surface area contributed by atoms with Crippen LogP contribution in [0.15, 0.2) is 63.5 Å². The van der Waals surface area contributed by atoms with Gasteiger partial charge in [-0.2, -0.15) is 5.10 Å². The fourth-order valence-electron chi connectivity index (χ4n) is 2.48. The number of nitrogens with zero attached hydrogens (tertiary/aromatic N) is 5. The number of anilines is 1. The van der Waals surface area contributed by atoms with Crippen LogP contribution >= 0.6 is 27.7 Å². The van der Waals surface area contributed by atoms with Crippen LogP contribution in [-0.4, -0.2) is 37.6 Å². The van der Waals surface area contributed by atoms with Crippen LogP contribution in [0.1, 0.15) is 24.4 Å². The summed E-state index contributed by atoms with van der Waals surface area (Å²) in [6.45, 7) is 2.01. The second-order valence-corrected chi connectivity index (χ2v) is 8.00. The third kappa shape index (κ3) is 6.13. The molecule has 0 saturated carbocycles. The van der Waals surface area contributed by atoms with E-state index < -0.39 is 0 Å². The molecule has 10 heteroatoms. The summed E-state index contributed by atoms with van der Waals surface area (Å²) < 4.78 is 2.91. The largest absolute Gasteiger partial charge is 0.375 e. The molecule has 3 rings (SSSR count). The Morgan fingerprint density at radius 1 is 1.31 bits per heavy atom. The maximum atomic E-state index is 12.0. The summed E-state index contributed by atoms with van der Waals surface area (Å²) in [5.74, 6) is 0.747. The van der Waals surface area contributed by atoms with E-state index >= 15 is 0 Å². The van der Waals surface area contributed by atoms with Gasteiger partial charge in [0.1, 0.15) is 0 Å². The number of pyridine rings is 1. The minimum Gasteiger partial charge on any atom is -0.375 e. The van der Waals surface area contributed by atoms with Gasteiger partial charge in [-0.05, 0) is 37.3 Å². The van der Waals surface area contributed by atoms with Crippen LogP contribution in [0.4, 0.5) is 5.69 Å². The van der Waals surface area contributed by atoms with Crippen molar-refractivity contribution in [1.82, 2.24) is 25.2 Å². The molecule has 2 heterocycles. The van der Waals surface area contributed by atoms with Gasteiger partial charge in [0.15, 0.2) is 11.0 Å². The number of aromatic nitrogens is 4. The Kier molecular flexibility index (Phi) is 7.36. The third-order valence-electron chi connectivity index (χ3n) is 3.90. The van der Waals surface area contributed by atoms with Crippen LogP contribution < -0.4 is 10.7 Å². The minimum absolute atomic E-state index is 0.0408. The Hall–Kier alpha value is -2.72. The average molecular weight is 474 g/mol. The molecule has 150 valence electrons. The molecule has 1 atom stereocenters. The molecule has 0 unspecified atom stereocenters. The lowest BCUT2D eigenvalue weighted by atomic mass is 10.2. The van der Waals surface area contributed by atoms with E-state index in [1.807, 2.05) is 48.9 Å². The van der Waals surface area contributed by atoms with Crippen molar-refractivity contribution in [3.63, 3.8) is 0 Å². The SMILES string of the molecule is C[C@H](Nc1ccc(Br)cc1)c1nnc(SCC(=O)NN=Cc2cccnc2)n1C. The summed E-state index contributed by atoms with van der Waals surface area (Å²) >= 11 is 4.73. The normalized spacial score (nSPS) is 12.1. The van der Waals surface area contributed by atoms with E-state index in [1.165, 1.54) is 11.8 Å². The Morgan fingerprint density at radius 3 is 2.83 bits per heavy atom. The van der Waals surface area contributed by atoms with E-state index in [-0.39, 0.29) is 17.7 Å². The highest BCUT2D eigenvalue weighted by Gasteiger charge is 2.16. The summed E-state index contributed by atoms with van der Waals surface area (Å²) in [5, 5.41) is 16.4. The summed E-state index contributed by atoms with van der Waals surface area (Å²) in [4.78, 5) is 16.0. The highest BCUT2D eigenvalue weighted by Crippen LogP contribution is 2.23. The molecular formula is C19H20BrN7OS. The van der Waals surface area contributed by atoms with Gasteiger partial charge in [0.05, 0.1) is 18.0 Å². The summed E-state index contributed by atoms with van der Waals surface area (Å²) in [6.07, 6.45) is 4.89.